The molecule has 2 aliphatic heterocycles. The van der Waals surface area contributed by atoms with Gasteiger partial charge in [0.1, 0.15) is 0 Å². The molecule has 2 atom stereocenters. The molecule has 2 unspecified atom stereocenters. The SMILES string of the molecule is CC(C)C(C(=O)NC1CC(C)(C)OC1(C)C)N1CCCCC1. The average Bonchev–Trinajstić information content (AvgIpc) is 2.57. The molecule has 1 amide bonds. The second-order valence-corrected chi connectivity index (χ2v) is 8.52. The smallest absolute Gasteiger partial charge is 0.237 e. The summed E-state index contributed by atoms with van der Waals surface area (Å²) in [6.07, 6.45) is 4.58. The number of amides is 1. The zero-order chi connectivity index (χ0) is 16.5. The third-order valence-electron chi connectivity index (χ3n) is 5.07. The monoisotopic (exact) mass is 310 g/mol. The van der Waals surface area contributed by atoms with Crippen molar-refractivity contribution in [2.24, 2.45) is 5.92 Å². The van der Waals surface area contributed by atoms with Crippen molar-refractivity contribution in [3.05, 3.63) is 0 Å². The highest BCUT2D eigenvalue weighted by molar-refractivity contribution is 5.82. The molecule has 4 nitrogen and oxygen atoms in total. The maximum atomic E-state index is 12.9. The van der Waals surface area contributed by atoms with Crippen LogP contribution in [0, 0.1) is 5.92 Å². The molecule has 4 heteroatoms. The second-order valence-electron chi connectivity index (χ2n) is 8.52. The first kappa shape index (κ1) is 17.7. The van der Waals surface area contributed by atoms with Gasteiger partial charge in [-0.25, -0.2) is 0 Å². The number of ether oxygens (including phenoxy) is 1. The Balaban J connectivity index is 2.05. The van der Waals surface area contributed by atoms with Crippen molar-refractivity contribution < 1.29 is 9.53 Å². The molecule has 2 saturated heterocycles. The van der Waals surface area contributed by atoms with Gasteiger partial charge >= 0.3 is 0 Å². The fraction of sp³-hybridized carbons (Fsp3) is 0.944. The number of carbonyl (C=O) groups excluding carboxylic acids is 1. The number of carbonyl (C=O) groups is 1. The summed E-state index contributed by atoms with van der Waals surface area (Å²) < 4.78 is 6.11. The summed E-state index contributed by atoms with van der Waals surface area (Å²) in [6, 6.07) is 0.0702. The molecule has 0 aromatic heterocycles. The van der Waals surface area contributed by atoms with Gasteiger partial charge in [-0.2, -0.15) is 0 Å². The Labute approximate surface area is 136 Å². The Bertz CT molecular complexity index is 398. The van der Waals surface area contributed by atoms with E-state index in [0.29, 0.717) is 5.92 Å². The van der Waals surface area contributed by atoms with Crippen LogP contribution < -0.4 is 5.32 Å². The second kappa shape index (κ2) is 6.48. The Morgan fingerprint density at radius 3 is 2.18 bits per heavy atom. The number of piperidine rings is 1. The number of nitrogens with zero attached hydrogens (tertiary/aromatic N) is 1. The summed E-state index contributed by atoms with van der Waals surface area (Å²) in [5.74, 6) is 0.507. The van der Waals surface area contributed by atoms with Crippen molar-refractivity contribution in [1.29, 1.82) is 0 Å². The Hall–Kier alpha value is -0.610. The Morgan fingerprint density at radius 2 is 1.73 bits per heavy atom. The standard InChI is InChI=1S/C18H34N2O2/c1-13(2)15(20-10-8-7-9-11-20)16(21)19-14-12-17(3,4)22-18(14,5)6/h13-15H,7-12H2,1-6H3,(H,19,21). The minimum atomic E-state index is -0.303. The van der Waals surface area contributed by atoms with Crippen LogP contribution in [0.2, 0.25) is 0 Å². The van der Waals surface area contributed by atoms with Gasteiger partial charge in [-0.05, 0) is 66.0 Å². The normalized spacial score (nSPS) is 29.5. The lowest BCUT2D eigenvalue weighted by atomic mass is 9.92. The molecule has 0 aromatic rings. The summed E-state index contributed by atoms with van der Waals surface area (Å²) >= 11 is 0. The number of nitrogens with one attached hydrogen (secondary N) is 1. The third-order valence-corrected chi connectivity index (χ3v) is 5.07. The molecule has 0 saturated carbocycles. The summed E-state index contributed by atoms with van der Waals surface area (Å²) in [5, 5.41) is 3.30. The Kier molecular flexibility index (Phi) is 5.23. The number of hydrogen-bond acceptors (Lipinski definition) is 3. The lowest BCUT2D eigenvalue weighted by molar-refractivity contribution is -0.131. The molecule has 0 bridgehead atoms. The highest BCUT2D eigenvalue weighted by Crippen LogP contribution is 2.37. The van der Waals surface area contributed by atoms with Gasteiger partial charge in [-0.3, -0.25) is 9.69 Å². The highest BCUT2D eigenvalue weighted by atomic mass is 16.5. The van der Waals surface area contributed by atoms with Crippen LogP contribution in [-0.4, -0.2) is 47.2 Å². The van der Waals surface area contributed by atoms with Crippen LogP contribution in [0.3, 0.4) is 0 Å². The van der Waals surface area contributed by atoms with Crippen LogP contribution in [0.4, 0.5) is 0 Å². The van der Waals surface area contributed by atoms with E-state index in [1.54, 1.807) is 0 Å². The van der Waals surface area contributed by atoms with Crippen molar-refractivity contribution in [2.75, 3.05) is 13.1 Å². The number of hydrogen-bond donors (Lipinski definition) is 1. The molecule has 0 aliphatic carbocycles. The summed E-state index contributed by atoms with van der Waals surface area (Å²) in [7, 11) is 0. The maximum absolute atomic E-state index is 12.9. The predicted molar refractivity (Wildman–Crippen MR) is 89.8 cm³/mol. The van der Waals surface area contributed by atoms with Crippen LogP contribution in [0.1, 0.15) is 67.2 Å². The van der Waals surface area contributed by atoms with Crippen molar-refractivity contribution in [1.82, 2.24) is 10.2 Å². The van der Waals surface area contributed by atoms with E-state index in [0.717, 1.165) is 19.5 Å². The minimum absolute atomic E-state index is 0.0141. The first-order valence-electron chi connectivity index (χ1n) is 8.87. The van der Waals surface area contributed by atoms with Gasteiger partial charge in [0.25, 0.3) is 0 Å². The van der Waals surface area contributed by atoms with E-state index in [-0.39, 0.29) is 29.2 Å². The highest BCUT2D eigenvalue weighted by Gasteiger charge is 2.47. The van der Waals surface area contributed by atoms with Gasteiger partial charge in [0.2, 0.25) is 5.91 Å². The van der Waals surface area contributed by atoms with E-state index in [4.69, 9.17) is 4.74 Å². The van der Waals surface area contributed by atoms with Gasteiger partial charge in [-0.15, -0.1) is 0 Å². The van der Waals surface area contributed by atoms with Gasteiger partial charge in [0, 0.05) is 0 Å². The van der Waals surface area contributed by atoms with E-state index >= 15 is 0 Å². The van der Waals surface area contributed by atoms with E-state index in [1.807, 2.05) is 0 Å². The molecule has 0 radical (unpaired) electrons. The van der Waals surface area contributed by atoms with Gasteiger partial charge in [0.05, 0.1) is 23.3 Å². The first-order chi connectivity index (χ1) is 10.1. The van der Waals surface area contributed by atoms with Crippen LogP contribution in [0.15, 0.2) is 0 Å². The zero-order valence-corrected chi connectivity index (χ0v) is 15.2. The summed E-state index contributed by atoms with van der Waals surface area (Å²) in [6.45, 7) is 14.8. The average molecular weight is 310 g/mol. The minimum Gasteiger partial charge on any atom is -0.367 e. The fourth-order valence-corrected chi connectivity index (χ4v) is 4.13. The molecule has 128 valence electrons. The largest absolute Gasteiger partial charge is 0.367 e. The van der Waals surface area contributed by atoms with Crippen LogP contribution >= 0.6 is 0 Å². The van der Waals surface area contributed by atoms with E-state index in [1.165, 1.54) is 19.3 Å². The van der Waals surface area contributed by atoms with Crippen LogP contribution in [0.25, 0.3) is 0 Å². The molecular formula is C18H34N2O2. The van der Waals surface area contributed by atoms with Gasteiger partial charge < -0.3 is 10.1 Å². The predicted octanol–water partition coefficient (Wildman–Crippen LogP) is 2.96. The van der Waals surface area contributed by atoms with E-state index in [2.05, 4.69) is 51.8 Å². The molecule has 0 spiro atoms. The van der Waals surface area contributed by atoms with Gasteiger partial charge in [0.15, 0.2) is 0 Å². The Morgan fingerprint density at radius 1 is 1.14 bits per heavy atom. The van der Waals surface area contributed by atoms with Crippen molar-refractivity contribution in [2.45, 2.75) is 90.5 Å². The molecule has 2 fully saturated rings. The van der Waals surface area contributed by atoms with Crippen molar-refractivity contribution >= 4 is 5.91 Å². The number of likely N-dealkylation sites (tertiary alicyclic amines) is 1. The number of rotatable bonds is 4. The first-order valence-corrected chi connectivity index (χ1v) is 8.87. The third kappa shape index (κ3) is 4.02. The molecule has 2 heterocycles. The fourth-order valence-electron chi connectivity index (χ4n) is 4.13. The van der Waals surface area contributed by atoms with Crippen LogP contribution in [-0.2, 0) is 9.53 Å². The van der Waals surface area contributed by atoms with Gasteiger partial charge in [-0.1, -0.05) is 20.3 Å². The maximum Gasteiger partial charge on any atom is 0.237 e. The van der Waals surface area contributed by atoms with E-state index in [9.17, 15) is 4.79 Å². The molecule has 2 rings (SSSR count). The quantitative estimate of drug-likeness (QED) is 0.868. The topological polar surface area (TPSA) is 41.6 Å². The molecule has 1 N–H and O–H groups in total. The lowest BCUT2D eigenvalue weighted by Crippen LogP contribution is -2.56. The molecule has 0 aromatic carbocycles. The molecular weight excluding hydrogens is 276 g/mol. The lowest BCUT2D eigenvalue weighted by Gasteiger charge is -2.37. The summed E-state index contributed by atoms with van der Waals surface area (Å²) in [4.78, 5) is 15.3. The summed E-state index contributed by atoms with van der Waals surface area (Å²) in [5.41, 5.74) is -0.470. The molecule has 22 heavy (non-hydrogen) atoms. The van der Waals surface area contributed by atoms with E-state index < -0.39 is 0 Å². The van der Waals surface area contributed by atoms with Crippen molar-refractivity contribution in [3.63, 3.8) is 0 Å². The van der Waals surface area contributed by atoms with Crippen molar-refractivity contribution in [3.8, 4) is 0 Å². The zero-order valence-electron chi connectivity index (χ0n) is 15.2. The molecule has 2 aliphatic rings. The van der Waals surface area contributed by atoms with Crippen LogP contribution in [0.5, 0.6) is 0 Å².